The minimum atomic E-state index is -0.542. The molecule has 1 aromatic carbocycles. The molecule has 1 heterocycles. The number of nitrogens with zero attached hydrogens (tertiary/aromatic N) is 1. The van der Waals surface area contributed by atoms with Crippen molar-refractivity contribution in [3.63, 3.8) is 0 Å². The van der Waals surface area contributed by atoms with E-state index in [1.54, 1.807) is 22.6 Å². The Morgan fingerprint density at radius 3 is 2.79 bits per heavy atom. The lowest BCUT2D eigenvalue weighted by Crippen LogP contribution is -2.30. The van der Waals surface area contributed by atoms with E-state index in [4.69, 9.17) is 4.74 Å². The van der Waals surface area contributed by atoms with E-state index in [0.717, 1.165) is 32.0 Å². The molecular weight excluding hydrogens is 366 g/mol. The van der Waals surface area contributed by atoms with Crippen molar-refractivity contribution in [3.05, 3.63) is 31.6 Å². The average molecular weight is 380 g/mol. The van der Waals surface area contributed by atoms with E-state index < -0.39 is 10.7 Å². The molecule has 1 aromatic rings. The zero-order chi connectivity index (χ0) is 13.8. The Bertz CT molecular complexity index is 478. The zero-order valence-electron chi connectivity index (χ0n) is 10.2. The lowest BCUT2D eigenvalue weighted by molar-refractivity contribution is -0.386. The number of rotatable bonds is 4. The van der Waals surface area contributed by atoms with Gasteiger partial charge in [-0.1, -0.05) is 0 Å². The van der Waals surface area contributed by atoms with E-state index in [2.05, 4.69) is 5.32 Å². The van der Waals surface area contributed by atoms with Crippen molar-refractivity contribution in [2.45, 2.75) is 12.8 Å². The maximum Gasteiger partial charge on any atom is 0.312 e. The summed E-state index contributed by atoms with van der Waals surface area (Å²) >= 11 is 1.73. The summed E-state index contributed by atoms with van der Waals surface area (Å²) in [6.45, 7) is 2.25. The first-order valence-electron chi connectivity index (χ1n) is 6.05. The first kappa shape index (κ1) is 14.4. The van der Waals surface area contributed by atoms with Gasteiger partial charge in [0.25, 0.3) is 0 Å². The second-order valence-electron chi connectivity index (χ2n) is 4.50. The van der Waals surface area contributed by atoms with E-state index in [9.17, 15) is 14.5 Å². The fourth-order valence-electron chi connectivity index (χ4n) is 2.03. The van der Waals surface area contributed by atoms with Crippen LogP contribution in [0.3, 0.4) is 0 Å². The molecule has 0 radical (unpaired) electrons. The maximum atomic E-state index is 13.5. The molecule has 0 amide bonds. The zero-order valence-corrected chi connectivity index (χ0v) is 12.4. The molecule has 0 unspecified atom stereocenters. The van der Waals surface area contributed by atoms with Crippen LogP contribution in [0.4, 0.5) is 10.1 Å². The highest BCUT2D eigenvalue weighted by Crippen LogP contribution is 2.31. The van der Waals surface area contributed by atoms with Crippen molar-refractivity contribution in [3.8, 4) is 5.75 Å². The van der Waals surface area contributed by atoms with Gasteiger partial charge >= 0.3 is 5.69 Å². The minimum absolute atomic E-state index is 0.0152. The Balaban J connectivity index is 2.09. The molecule has 7 heteroatoms. The number of piperidine rings is 1. The van der Waals surface area contributed by atoms with Crippen LogP contribution in [0, 0.1) is 25.4 Å². The number of nitrogens with one attached hydrogen (secondary N) is 1. The smallest absolute Gasteiger partial charge is 0.312 e. The van der Waals surface area contributed by atoms with E-state index in [1.807, 2.05) is 0 Å². The Morgan fingerprint density at radius 2 is 2.16 bits per heavy atom. The number of ether oxygens (including phenoxy) is 1. The van der Waals surface area contributed by atoms with Gasteiger partial charge in [0.1, 0.15) is 5.82 Å². The van der Waals surface area contributed by atoms with Crippen molar-refractivity contribution >= 4 is 28.3 Å². The summed E-state index contributed by atoms with van der Waals surface area (Å²) in [7, 11) is 0. The standard InChI is InChI=1S/C12H14FIN2O3/c13-9-5-12(11(16(17)18)6-10(9)14)19-7-8-1-3-15-4-2-8/h5-6,8,15H,1-4,7H2. The fourth-order valence-corrected chi connectivity index (χ4v) is 2.48. The van der Waals surface area contributed by atoms with Crippen LogP contribution >= 0.6 is 22.6 Å². The van der Waals surface area contributed by atoms with Crippen LogP contribution in [0.25, 0.3) is 0 Å². The summed E-state index contributed by atoms with van der Waals surface area (Å²) in [5, 5.41) is 14.2. The summed E-state index contributed by atoms with van der Waals surface area (Å²) in [6.07, 6.45) is 1.95. The minimum Gasteiger partial charge on any atom is -0.486 e. The predicted octanol–water partition coefficient (Wildman–Crippen LogP) is 2.72. The molecule has 2 rings (SSSR count). The SMILES string of the molecule is O=[N+]([O-])c1cc(I)c(F)cc1OCC1CCNCC1. The average Bonchev–Trinajstić information content (AvgIpc) is 2.40. The molecule has 1 saturated heterocycles. The van der Waals surface area contributed by atoms with Crippen molar-refractivity contribution < 1.29 is 14.1 Å². The summed E-state index contributed by atoms with van der Waals surface area (Å²) in [4.78, 5) is 10.4. The lowest BCUT2D eigenvalue weighted by Gasteiger charge is -2.22. The van der Waals surface area contributed by atoms with E-state index in [0.29, 0.717) is 12.5 Å². The largest absolute Gasteiger partial charge is 0.486 e. The van der Waals surface area contributed by atoms with Crippen LogP contribution in [-0.2, 0) is 0 Å². The lowest BCUT2D eigenvalue weighted by atomic mass is 9.99. The first-order chi connectivity index (χ1) is 9.08. The fraction of sp³-hybridized carbons (Fsp3) is 0.500. The molecule has 0 atom stereocenters. The highest BCUT2D eigenvalue weighted by molar-refractivity contribution is 14.1. The topological polar surface area (TPSA) is 64.4 Å². The van der Waals surface area contributed by atoms with E-state index >= 15 is 0 Å². The van der Waals surface area contributed by atoms with Gasteiger partial charge < -0.3 is 10.1 Å². The van der Waals surface area contributed by atoms with Gasteiger partial charge in [-0.2, -0.15) is 0 Å². The summed E-state index contributed by atoms with van der Waals surface area (Å²) in [6, 6.07) is 2.30. The van der Waals surface area contributed by atoms with Crippen molar-refractivity contribution in [1.29, 1.82) is 0 Å². The van der Waals surface area contributed by atoms with Crippen molar-refractivity contribution in [2.24, 2.45) is 5.92 Å². The third kappa shape index (κ3) is 3.75. The summed E-state index contributed by atoms with van der Waals surface area (Å²) in [5.41, 5.74) is -0.181. The monoisotopic (exact) mass is 380 g/mol. The van der Waals surface area contributed by atoms with E-state index in [-0.39, 0.29) is 15.0 Å². The second kappa shape index (κ2) is 6.47. The molecule has 1 fully saturated rings. The van der Waals surface area contributed by atoms with Gasteiger partial charge in [-0.25, -0.2) is 4.39 Å². The molecule has 1 aliphatic rings. The Morgan fingerprint density at radius 1 is 1.47 bits per heavy atom. The second-order valence-corrected chi connectivity index (χ2v) is 5.66. The number of halogens is 2. The highest BCUT2D eigenvalue weighted by Gasteiger charge is 2.21. The quantitative estimate of drug-likeness (QED) is 0.496. The molecule has 0 spiro atoms. The number of hydrogen-bond donors (Lipinski definition) is 1. The third-order valence-electron chi connectivity index (χ3n) is 3.13. The number of nitro benzene ring substituents is 1. The molecule has 1 aliphatic heterocycles. The molecule has 0 saturated carbocycles. The van der Waals surface area contributed by atoms with Crippen molar-refractivity contribution in [2.75, 3.05) is 19.7 Å². The highest BCUT2D eigenvalue weighted by atomic mass is 127. The third-order valence-corrected chi connectivity index (χ3v) is 3.96. The van der Waals surface area contributed by atoms with Gasteiger partial charge in [0.15, 0.2) is 5.75 Å². The summed E-state index contributed by atoms with van der Waals surface area (Å²) < 4.78 is 19.1. The van der Waals surface area contributed by atoms with E-state index in [1.165, 1.54) is 6.07 Å². The van der Waals surface area contributed by atoms with Crippen LogP contribution in [0.1, 0.15) is 12.8 Å². The number of hydrogen-bond acceptors (Lipinski definition) is 4. The molecule has 5 nitrogen and oxygen atoms in total. The first-order valence-corrected chi connectivity index (χ1v) is 7.12. The molecule has 19 heavy (non-hydrogen) atoms. The van der Waals surface area contributed by atoms with Gasteiger partial charge in [0.05, 0.1) is 15.1 Å². The van der Waals surface area contributed by atoms with Crippen LogP contribution < -0.4 is 10.1 Å². The van der Waals surface area contributed by atoms with Crippen LogP contribution in [0.5, 0.6) is 5.75 Å². The predicted molar refractivity (Wildman–Crippen MR) is 76.9 cm³/mol. The van der Waals surface area contributed by atoms with Crippen molar-refractivity contribution in [1.82, 2.24) is 5.32 Å². The van der Waals surface area contributed by atoms with Crippen LogP contribution in [-0.4, -0.2) is 24.6 Å². The van der Waals surface area contributed by atoms with Gasteiger partial charge in [0, 0.05) is 12.1 Å². The van der Waals surface area contributed by atoms with Crippen LogP contribution in [0.2, 0.25) is 0 Å². The Hall–Kier alpha value is -0.960. The maximum absolute atomic E-state index is 13.5. The van der Waals surface area contributed by atoms with Gasteiger partial charge in [-0.05, 0) is 54.4 Å². The Kier molecular flexibility index (Phi) is 4.92. The van der Waals surface area contributed by atoms with Crippen LogP contribution in [0.15, 0.2) is 12.1 Å². The molecule has 0 bridgehead atoms. The van der Waals surface area contributed by atoms with Gasteiger partial charge in [0.2, 0.25) is 0 Å². The molecule has 104 valence electrons. The molecule has 0 aliphatic carbocycles. The summed E-state index contributed by atoms with van der Waals surface area (Å²) in [5.74, 6) is -0.115. The molecule has 0 aromatic heterocycles. The number of nitro groups is 1. The molecule has 1 N–H and O–H groups in total. The van der Waals surface area contributed by atoms with Gasteiger partial charge in [-0.15, -0.1) is 0 Å². The molecular formula is C12H14FIN2O3. The number of benzene rings is 1. The normalized spacial score (nSPS) is 16.3. The van der Waals surface area contributed by atoms with Gasteiger partial charge in [-0.3, -0.25) is 10.1 Å². The Labute approximate surface area is 123 Å².